The molecule has 0 aliphatic heterocycles. The molecule has 1 aromatic carbocycles. The number of rotatable bonds is 8. The predicted molar refractivity (Wildman–Crippen MR) is 77.2 cm³/mol. The van der Waals surface area contributed by atoms with Gasteiger partial charge in [0.25, 0.3) is 0 Å². The minimum absolute atomic E-state index is 0.291. The predicted octanol–water partition coefficient (Wildman–Crippen LogP) is 2.75. The van der Waals surface area contributed by atoms with E-state index in [1.807, 2.05) is 24.3 Å². The summed E-state index contributed by atoms with van der Waals surface area (Å²) in [4.78, 5) is 14.7. The van der Waals surface area contributed by atoms with Gasteiger partial charge in [-0.05, 0) is 30.0 Å². The molecule has 0 aliphatic rings. The first-order chi connectivity index (χ1) is 9.72. The molecule has 0 amide bonds. The highest BCUT2D eigenvalue weighted by Gasteiger charge is 2.20. The van der Waals surface area contributed by atoms with Crippen LogP contribution in [0.25, 0.3) is 10.4 Å². The second kappa shape index (κ2) is 8.96. The fourth-order valence-corrected chi connectivity index (χ4v) is 1.81. The van der Waals surface area contributed by atoms with Crippen molar-refractivity contribution in [1.82, 2.24) is 5.32 Å². The molecule has 0 bridgehead atoms. The molecule has 1 atom stereocenters. The minimum Gasteiger partial charge on any atom is -0.465 e. The van der Waals surface area contributed by atoms with Crippen LogP contribution in [-0.2, 0) is 16.0 Å². The Balaban J connectivity index is 2.78. The number of carbonyl (C=O) groups is 1. The first kappa shape index (κ1) is 16.0. The molecule has 0 saturated heterocycles. The largest absolute Gasteiger partial charge is 0.465 e. The standard InChI is InChI=1S/C14H20N4O2/c1-3-11-5-7-12(8-6-11)13(14(19)20-4-2)16-9-10-17-18-15/h5-8,13,16H,3-4,9-10H2,1-2H3. The zero-order chi connectivity index (χ0) is 14.8. The number of azide groups is 1. The summed E-state index contributed by atoms with van der Waals surface area (Å²) in [6.07, 6.45) is 0.953. The van der Waals surface area contributed by atoms with Gasteiger partial charge in [-0.25, -0.2) is 4.79 Å². The molecule has 1 unspecified atom stereocenters. The minimum atomic E-state index is -0.533. The van der Waals surface area contributed by atoms with Gasteiger partial charge >= 0.3 is 5.97 Å². The Morgan fingerprint density at radius 1 is 1.40 bits per heavy atom. The van der Waals surface area contributed by atoms with Gasteiger partial charge in [0.2, 0.25) is 0 Å². The van der Waals surface area contributed by atoms with Gasteiger partial charge in [-0.15, -0.1) is 0 Å². The van der Waals surface area contributed by atoms with Crippen LogP contribution in [0.4, 0.5) is 0 Å². The van der Waals surface area contributed by atoms with Crippen LogP contribution in [0, 0.1) is 0 Å². The Hall–Kier alpha value is -2.04. The van der Waals surface area contributed by atoms with Gasteiger partial charge in [-0.1, -0.05) is 36.3 Å². The molecule has 0 fully saturated rings. The molecule has 0 heterocycles. The zero-order valence-corrected chi connectivity index (χ0v) is 11.9. The van der Waals surface area contributed by atoms with Crippen molar-refractivity contribution >= 4 is 5.97 Å². The van der Waals surface area contributed by atoms with E-state index in [0.29, 0.717) is 19.7 Å². The van der Waals surface area contributed by atoms with E-state index in [4.69, 9.17) is 10.3 Å². The molecule has 20 heavy (non-hydrogen) atoms. The average molecular weight is 276 g/mol. The van der Waals surface area contributed by atoms with Crippen molar-refractivity contribution in [2.75, 3.05) is 19.7 Å². The van der Waals surface area contributed by atoms with E-state index in [0.717, 1.165) is 12.0 Å². The van der Waals surface area contributed by atoms with E-state index in [2.05, 4.69) is 22.3 Å². The summed E-state index contributed by atoms with van der Waals surface area (Å²) >= 11 is 0. The monoisotopic (exact) mass is 276 g/mol. The normalized spacial score (nSPS) is 11.5. The van der Waals surface area contributed by atoms with Crippen molar-refractivity contribution < 1.29 is 9.53 Å². The molecule has 6 nitrogen and oxygen atoms in total. The maximum atomic E-state index is 12.0. The smallest absolute Gasteiger partial charge is 0.327 e. The molecule has 0 aliphatic carbocycles. The number of carbonyl (C=O) groups excluding carboxylic acids is 1. The topological polar surface area (TPSA) is 87.1 Å². The van der Waals surface area contributed by atoms with Gasteiger partial charge in [0.1, 0.15) is 6.04 Å². The lowest BCUT2D eigenvalue weighted by Crippen LogP contribution is -2.32. The first-order valence-electron chi connectivity index (χ1n) is 6.72. The Morgan fingerprint density at radius 2 is 2.10 bits per heavy atom. The molecule has 6 heteroatoms. The van der Waals surface area contributed by atoms with Crippen LogP contribution in [0.3, 0.4) is 0 Å². The molecule has 108 valence electrons. The lowest BCUT2D eigenvalue weighted by molar-refractivity contribution is -0.145. The van der Waals surface area contributed by atoms with Crippen LogP contribution in [0.15, 0.2) is 29.4 Å². The van der Waals surface area contributed by atoms with Crippen LogP contribution in [0.1, 0.15) is 31.0 Å². The van der Waals surface area contributed by atoms with E-state index >= 15 is 0 Å². The van der Waals surface area contributed by atoms with Crippen molar-refractivity contribution in [3.8, 4) is 0 Å². The van der Waals surface area contributed by atoms with Crippen molar-refractivity contribution in [1.29, 1.82) is 0 Å². The molecule has 0 aromatic heterocycles. The van der Waals surface area contributed by atoms with Gasteiger partial charge in [-0.2, -0.15) is 0 Å². The van der Waals surface area contributed by atoms with Crippen LogP contribution in [-0.4, -0.2) is 25.7 Å². The summed E-state index contributed by atoms with van der Waals surface area (Å²) in [6.45, 7) is 4.90. The van der Waals surface area contributed by atoms with Crippen molar-refractivity contribution in [2.45, 2.75) is 26.3 Å². The zero-order valence-electron chi connectivity index (χ0n) is 11.9. The molecule has 1 N–H and O–H groups in total. The molecule has 1 aromatic rings. The van der Waals surface area contributed by atoms with Crippen LogP contribution < -0.4 is 5.32 Å². The molecule has 0 saturated carbocycles. The number of aryl methyl sites for hydroxylation is 1. The van der Waals surface area contributed by atoms with E-state index < -0.39 is 6.04 Å². The van der Waals surface area contributed by atoms with Crippen LogP contribution >= 0.6 is 0 Å². The highest BCUT2D eigenvalue weighted by Crippen LogP contribution is 2.16. The quantitative estimate of drug-likeness (QED) is 0.260. The fourth-order valence-electron chi connectivity index (χ4n) is 1.81. The number of esters is 1. The highest BCUT2D eigenvalue weighted by molar-refractivity contribution is 5.77. The second-order valence-corrected chi connectivity index (χ2v) is 4.19. The van der Waals surface area contributed by atoms with Gasteiger partial charge < -0.3 is 10.1 Å². The van der Waals surface area contributed by atoms with E-state index in [9.17, 15) is 4.79 Å². The number of hydrogen-bond donors (Lipinski definition) is 1. The van der Waals surface area contributed by atoms with Gasteiger partial charge in [-0.3, -0.25) is 0 Å². The van der Waals surface area contributed by atoms with E-state index in [-0.39, 0.29) is 5.97 Å². The van der Waals surface area contributed by atoms with Gasteiger partial charge in [0.05, 0.1) is 6.61 Å². The van der Waals surface area contributed by atoms with Gasteiger partial charge in [0, 0.05) is 18.0 Å². The SMILES string of the molecule is CCOC(=O)C(NCCN=[N+]=[N-])c1ccc(CC)cc1. The first-order valence-corrected chi connectivity index (χ1v) is 6.72. The second-order valence-electron chi connectivity index (χ2n) is 4.19. The number of benzene rings is 1. The van der Waals surface area contributed by atoms with Crippen molar-refractivity contribution in [3.63, 3.8) is 0 Å². The third-order valence-corrected chi connectivity index (χ3v) is 2.87. The Morgan fingerprint density at radius 3 is 2.65 bits per heavy atom. The third-order valence-electron chi connectivity index (χ3n) is 2.87. The Kier molecular flexibility index (Phi) is 7.17. The maximum absolute atomic E-state index is 12.0. The average Bonchev–Trinajstić information content (AvgIpc) is 2.48. The number of ether oxygens (including phenoxy) is 1. The Bertz CT molecular complexity index is 467. The third kappa shape index (κ3) is 4.91. The number of hydrogen-bond acceptors (Lipinski definition) is 4. The summed E-state index contributed by atoms with van der Waals surface area (Å²) in [7, 11) is 0. The fraction of sp³-hybridized carbons (Fsp3) is 0.500. The molecular weight excluding hydrogens is 256 g/mol. The van der Waals surface area contributed by atoms with E-state index in [1.54, 1.807) is 6.92 Å². The summed E-state index contributed by atoms with van der Waals surface area (Å²) in [5.74, 6) is -0.322. The number of nitrogens with zero attached hydrogens (tertiary/aromatic N) is 3. The molecule has 0 spiro atoms. The highest BCUT2D eigenvalue weighted by atomic mass is 16.5. The molecule has 0 radical (unpaired) electrons. The molecule has 1 rings (SSSR count). The number of nitrogens with one attached hydrogen (secondary N) is 1. The summed E-state index contributed by atoms with van der Waals surface area (Å²) < 4.78 is 5.07. The summed E-state index contributed by atoms with van der Waals surface area (Å²) in [5, 5.41) is 6.49. The maximum Gasteiger partial charge on any atom is 0.327 e. The van der Waals surface area contributed by atoms with Crippen molar-refractivity contribution in [3.05, 3.63) is 45.8 Å². The summed E-state index contributed by atoms with van der Waals surface area (Å²) in [5.41, 5.74) is 10.3. The van der Waals surface area contributed by atoms with Gasteiger partial charge in [0.15, 0.2) is 0 Å². The lowest BCUT2D eigenvalue weighted by atomic mass is 10.0. The summed E-state index contributed by atoms with van der Waals surface area (Å²) in [6, 6.07) is 7.30. The Labute approximate surface area is 118 Å². The molecular formula is C14H20N4O2. The van der Waals surface area contributed by atoms with Crippen LogP contribution in [0.5, 0.6) is 0 Å². The van der Waals surface area contributed by atoms with Crippen LogP contribution in [0.2, 0.25) is 0 Å². The van der Waals surface area contributed by atoms with Crippen molar-refractivity contribution in [2.24, 2.45) is 5.11 Å². The van der Waals surface area contributed by atoms with E-state index in [1.165, 1.54) is 5.56 Å². The lowest BCUT2D eigenvalue weighted by Gasteiger charge is -2.17.